The molecule has 2 aromatic rings. The maximum Gasteiger partial charge on any atom is 0.306 e. The zero-order valence-corrected chi connectivity index (χ0v) is 19.7. The van der Waals surface area contributed by atoms with E-state index in [4.69, 9.17) is 18.9 Å². The zero-order valence-electron chi connectivity index (χ0n) is 19.7. The summed E-state index contributed by atoms with van der Waals surface area (Å²) in [5, 5.41) is 5.39. The summed E-state index contributed by atoms with van der Waals surface area (Å²) in [5.74, 6) is 0.588. The fourth-order valence-corrected chi connectivity index (χ4v) is 2.95. The van der Waals surface area contributed by atoms with E-state index in [1.807, 2.05) is 0 Å². The maximum absolute atomic E-state index is 12.5. The Labute approximate surface area is 197 Å². The van der Waals surface area contributed by atoms with Crippen molar-refractivity contribution in [2.24, 2.45) is 0 Å². The van der Waals surface area contributed by atoms with Crippen LogP contribution in [-0.4, -0.2) is 53.3 Å². The first-order chi connectivity index (χ1) is 16.3. The number of methoxy groups -OCH3 is 5. The third kappa shape index (κ3) is 7.16. The van der Waals surface area contributed by atoms with E-state index in [9.17, 15) is 14.4 Å². The molecule has 2 aromatic carbocycles. The van der Waals surface area contributed by atoms with Gasteiger partial charge in [-0.05, 0) is 24.3 Å². The molecule has 0 saturated heterocycles. The van der Waals surface area contributed by atoms with Crippen LogP contribution >= 0.6 is 0 Å². The Balaban J connectivity index is 2.16. The van der Waals surface area contributed by atoms with E-state index in [2.05, 4.69) is 15.4 Å². The van der Waals surface area contributed by atoms with Crippen LogP contribution in [-0.2, 0) is 19.1 Å². The van der Waals surface area contributed by atoms with Crippen LogP contribution < -0.4 is 29.6 Å². The van der Waals surface area contributed by atoms with Crippen LogP contribution in [0.15, 0.2) is 36.4 Å². The van der Waals surface area contributed by atoms with Crippen LogP contribution in [0.2, 0.25) is 0 Å². The van der Waals surface area contributed by atoms with Crippen molar-refractivity contribution in [1.29, 1.82) is 0 Å². The predicted molar refractivity (Wildman–Crippen MR) is 127 cm³/mol. The van der Waals surface area contributed by atoms with Gasteiger partial charge in [-0.3, -0.25) is 14.4 Å². The molecular formula is C24H28N2O8. The molecule has 2 rings (SSSR count). The quantitative estimate of drug-likeness (QED) is 0.378. The molecule has 0 bridgehead atoms. The highest BCUT2D eigenvalue weighted by Gasteiger charge is 2.13. The van der Waals surface area contributed by atoms with Gasteiger partial charge in [0.2, 0.25) is 11.8 Å². The Morgan fingerprint density at radius 3 is 2.00 bits per heavy atom. The first kappa shape index (κ1) is 26.0. The van der Waals surface area contributed by atoms with Gasteiger partial charge in [0, 0.05) is 30.3 Å². The second-order valence-corrected chi connectivity index (χ2v) is 6.81. The van der Waals surface area contributed by atoms with Gasteiger partial charge in [0.25, 0.3) is 0 Å². The van der Waals surface area contributed by atoms with E-state index in [0.29, 0.717) is 39.9 Å². The summed E-state index contributed by atoms with van der Waals surface area (Å²) in [7, 11) is 7.25. The van der Waals surface area contributed by atoms with Gasteiger partial charge in [-0.1, -0.05) is 0 Å². The molecule has 0 aromatic heterocycles. The fourth-order valence-electron chi connectivity index (χ4n) is 2.95. The lowest BCUT2D eigenvalue weighted by atomic mass is 10.1. The largest absolute Gasteiger partial charge is 0.496 e. The topological polar surface area (TPSA) is 121 Å². The lowest BCUT2D eigenvalue weighted by Gasteiger charge is -2.13. The summed E-state index contributed by atoms with van der Waals surface area (Å²) in [6, 6.07) is 8.14. The summed E-state index contributed by atoms with van der Waals surface area (Å²) in [6.07, 6.45) is 2.78. The number of ether oxygens (including phenoxy) is 5. The molecule has 0 unspecified atom stereocenters. The average Bonchev–Trinajstić information content (AvgIpc) is 2.85. The minimum atomic E-state index is -0.486. The number of rotatable bonds is 11. The molecule has 0 heterocycles. The zero-order chi connectivity index (χ0) is 25.1. The standard InChI is InChI=1S/C24H28N2O8/c1-30-16-13-20(32-3)17(21(14-16)33-4)7-9-22(27)25-15-6-8-19(31-2)18(12-15)26-23(28)10-11-24(29)34-5/h6-9,12-14H,10-11H2,1-5H3,(H,25,27)(H,26,28)/b9-7+. The highest BCUT2D eigenvalue weighted by Crippen LogP contribution is 2.35. The second kappa shape index (κ2) is 12.7. The molecule has 182 valence electrons. The van der Waals surface area contributed by atoms with Crippen molar-refractivity contribution in [3.63, 3.8) is 0 Å². The number of nitrogens with one attached hydrogen (secondary N) is 2. The average molecular weight is 472 g/mol. The molecular weight excluding hydrogens is 444 g/mol. The summed E-state index contributed by atoms with van der Waals surface area (Å²) in [4.78, 5) is 35.9. The molecule has 0 spiro atoms. The van der Waals surface area contributed by atoms with E-state index in [1.165, 1.54) is 41.6 Å². The smallest absolute Gasteiger partial charge is 0.306 e. The monoisotopic (exact) mass is 472 g/mol. The molecule has 0 aliphatic heterocycles. The maximum atomic E-state index is 12.5. The lowest BCUT2D eigenvalue weighted by Crippen LogP contribution is -2.15. The van der Waals surface area contributed by atoms with Crippen molar-refractivity contribution in [3.8, 4) is 23.0 Å². The summed E-state index contributed by atoms with van der Waals surface area (Å²) >= 11 is 0. The molecule has 10 nitrogen and oxygen atoms in total. The Bertz CT molecular complexity index is 1040. The third-order valence-corrected chi connectivity index (χ3v) is 4.68. The number of esters is 1. The van der Waals surface area contributed by atoms with E-state index in [1.54, 1.807) is 36.4 Å². The van der Waals surface area contributed by atoms with Gasteiger partial charge in [-0.2, -0.15) is 0 Å². The van der Waals surface area contributed by atoms with Gasteiger partial charge in [0.05, 0.1) is 53.2 Å². The minimum Gasteiger partial charge on any atom is -0.496 e. The van der Waals surface area contributed by atoms with Crippen LogP contribution in [0.3, 0.4) is 0 Å². The molecule has 34 heavy (non-hydrogen) atoms. The number of carbonyl (C=O) groups is 3. The minimum absolute atomic E-state index is 0.0514. The number of benzene rings is 2. The van der Waals surface area contributed by atoms with Crippen molar-refractivity contribution in [2.45, 2.75) is 12.8 Å². The van der Waals surface area contributed by atoms with E-state index in [-0.39, 0.29) is 12.8 Å². The summed E-state index contributed by atoms with van der Waals surface area (Å²) in [6.45, 7) is 0. The van der Waals surface area contributed by atoms with E-state index >= 15 is 0 Å². The van der Waals surface area contributed by atoms with Crippen molar-refractivity contribution in [2.75, 3.05) is 46.2 Å². The first-order valence-electron chi connectivity index (χ1n) is 10.2. The molecule has 2 amide bonds. The second-order valence-electron chi connectivity index (χ2n) is 6.81. The van der Waals surface area contributed by atoms with Crippen molar-refractivity contribution in [3.05, 3.63) is 42.0 Å². The van der Waals surface area contributed by atoms with Gasteiger partial charge in [0.1, 0.15) is 23.0 Å². The van der Waals surface area contributed by atoms with Crippen molar-refractivity contribution >= 4 is 35.2 Å². The third-order valence-electron chi connectivity index (χ3n) is 4.68. The van der Waals surface area contributed by atoms with Crippen LogP contribution in [0, 0.1) is 0 Å². The van der Waals surface area contributed by atoms with Gasteiger partial charge >= 0.3 is 5.97 Å². The van der Waals surface area contributed by atoms with Crippen LogP contribution in [0.5, 0.6) is 23.0 Å². The predicted octanol–water partition coefficient (Wildman–Crippen LogP) is 3.26. The first-order valence-corrected chi connectivity index (χ1v) is 10.2. The number of anilines is 2. The lowest BCUT2D eigenvalue weighted by molar-refractivity contribution is -0.141. The molecule has 0 atom stereocenters. The van der Waals surface area contributed by atoms with Crippen molar-refractivity contribution in [1.82, 2.24) is 0 Å². The van der Waals surface area contributed by atoms with Gasteiger partial charge in [-0.25, -0.2) is 0 Å². The number of hydrogen-bond acceptors (Lipinski definition) is 8. The number of hydrogen-bond donors (Lipinski definition) is 2. The fraction of sp³-hybridized carbons (Fsp3) is 0.292. The van der Waals surface area contributed by atoms with Gasteiger partial charge in [-0.15, -0.1) is 0 Å². The van der Waals surface area contributed by atoms with E-state index in [0.717, 1.165) is 0 Å². The highest BCUT2D eigenvalue weighted by atomic mass is 16.5. The number of amides is 2. The van der Waals surface area contributed by atoms with Gasteiger partial charge in [0.15, 0.2) is 0 Å². The molecule has 2 N–H and O–H groups in total. The normalized spacial score (nSPS) is 10.4. The molecule has 0 radical (unpaired) electrons. The summed E-state index contributed by atoms with van der Waals surface area (Å²) < 4.78 is 25.8. The molecule has 0 aliphatic carbocycles. The van der Waals surface area contributed by atoms with Crippen LogP contribution in [0.1, 0.15) is 18.4 Å². The molecule has 0 aliphatic rings. The Morgan fingerprint density at radius 2 is 1.44 bits per heavy atom. The van der Waals surface area contributed by atoms with E-state index < -0.39 is 17.8 Å². The van der Waals surface area contributed by atoms with Gasteiger partial charge < -0.3 is 34.3 Å². The van der Waals surface area contributed by atoms with Crippen LogP contribution in [0.4, 0.5) is 11.4 Å². The number of carbonyl (C=O) groups excluding carboxylic acids is 3. The Morgan fingerprint density at radius 1 is 0.794 bits per heavy atom. The molecule has 0 fully saturated rings. The Kier molecular flexibility index (Phi) is 9.75. The van der Waals surface area contributed by atoms with Crippen LogP contribution in [0.25, 0.3) is 6.08 Å². The molecule has 10 heteroatoms. The molecule has 0 saturated carbocycles. The Hall–Kier alpha value is -4.21. The highest BCUT2D eigenvalue weighted by molar-refractivity contribution is 6.03. The SMILES string of the molecule is COC(=O)CCC(=O)Nc1cc(NC(=O)/C=C/c2c(OC)cc(OC)cc2OC)ccc1OC. The van der Waals surface area contributed by atoms with Crippen molar-refractivity contribution < 1.29 is 38.1 Å². The summed E-state index contributed by atoms with van der Waals surface area (Å²) in [5.41, 5.74) is 1.33.